The number of anilines is 1. The summed E-state index contributed by atoms with van der Waals surface area (Å²) < 4.78 is 0. The third kappa shape index (κ3) is 2.77. The van der Waals surface area contributed by atoms with E-state index in [2.05, 4.69) is 29.6 Å². The maximum Gasteiger partial charge on any atom is 0.269 e. The number of non-ortho nitro benzene ring substituents is 1. The molecule has 26 heavy (non-hydrogen) atoms. The Labute approximate surface area is 152 Å². The summed E-state index contributed by atoms with van der Waals surface area (Å²) >= 11 is 0. The zero-order chi connectivity index (χ0) is 18.3. The van der Waals surface area contributed by atoms with Crippen LogP contribution in [0.3, 0.4) is 0 Å². The first-order chi connectivity index (χ1) is 12.6. The number of hydrogen-bond acceptors (Lipinski definition) is 3. The highest BCUT2D eigenvalue weighted by atomic mass is 16.6. The smallest absolute Gasteiger partial charge is 0.269 e. The number of nitrogens with one attached hydrogen (secondary N) is 1. The van der Waals surface area contributed by atoms with Crippen molar-refractivity contribution >= 4 is 17.3 Å². The minimum atomic E-state index is -0.417. The second-order valence-electron chi connectivity index (χ2n) is 7.47. The molecule has 2 bridgehead atoms. The van der Waals surface area contributed by atoms with Gasteiger partial charge in [-0.25, -0.2) is 0 Å². The molecular formula is C21H22N2O3. The summed E-state index contributed by atoms with van der Waals surface area (Å²) in [5.74, 6) is 1.38. The molecule has 0 aliphatic heterocycles. The predicted octanol–water partition coefficient (Wildman–Crippen LogP) is 4.67. The largest absolute Gasteiger partial charge is 0.326 e. The molecule has 0 unspecified atom stereocenters. The van der Waals surface area contributed by atoms with Gasteiger partial charge in [-0.1, -0.05) is 36.8 Å². The van der Waals surface area contributed by atoms with Crippen molar-refractivity contribution in [3.63, 3.8) is 0 Å². The number of nitro groups is 1. The van der Waals surface area contributed by atoms with E-state index in [0.717, 1.165) is 18.4 Å². The Morgan fingerprint density at radius 2 is 1.81 bits per heavy atom. The summed E-state index contributed by atoms with van der Waals surface area (Å²) in [6.45, 7) is 1.79. The van der Waals surface area contributed by atoms with Crippen LogP contribution in [0.1, 0.15) is 36.3 Å². The Bertz CT molecular complexity index is 838. The van der Waals surface area contributed by atoms with Gasteiger partial charge in [0.1, 0.15) is 0 Å². The zero-order valence-corrected chi connectivity index (χ0v) is 14.7. The minimum Gasteiger partial charge on any atom is -0.326 e. The van der Waals surface area contributed by atoms with Crippen molar-refractivity contribution in [2.24, 2.45) is 17.8 Å². The van der Waals surface area contributed by atoms with Gasteiger partial charge in [0.05, 0.1) is 4.92 Å². The molecule has 2 fully saturated rings. The summed E-state index contributed by atoms with van der Waals surface area (Å²) in [5.41, 5.74) is 2.78. The van der Waals surface area contributed by atoms with Crippen LogP contribution >= 0.6 is 0 Å². The molecule has 0 saturated heterocycles. The highest BCUT2D eigenvalue weighted by Gasteiger charge is 2.55. The van der Waals surface area contributed by atoms with Crippen LogP contribution in [-0.4, -0.2) is 10.8 Å². The first kappa shape index (κ1) is 16.8. The molecule has 2 aromatic carbocycles. The molecule has 0 heterocycles. The lowest BCUT2D eigenvalue weighted by atomic mass is 9.48. The number of rotatable bonds is 4. The number of aryl methyl sites for hydroxylation is 1. The number of carbonyl (C=O) groups excluding carboxylic acids is 1. The Kier molecular flexibility index (Phi) is 4.23. The lowest BCUT2D eigenvalue weighted by molar-refractivity contribution is -0.384. The van der Waals surface area contributed by atoms with Crippen molar-refractivity contribution in [1.82, 2.24) is 0 Å². The fraction of sp³-hybridized carbons (Fsp3) is 0.381. The fourth-order valence-corrected chi connectivity index (χ4v) is 4.92. The van der Waals surface area contributed by atoms with Crippen molar-refractivity contribution in [3.05, 3.63) is 69.8 Å². The van der Waals surface area contributed by atoms with Gasteiger partial charge in [0.15, 0.2) is 0 Å². The van der Waals surface area contributed by atoms with Crippen LogP contribution in [0.4, 0.5) is 11.4 Å². The summed E-state index contributed by atoms with van der Waals surface area (Å²) in [6.07, 6.45) is 3.37. The van der Waals surface area contributed by atoms with Crippen molar-refractivity contribution < 1.29 is 9.72 Å². The monoisotopic (exact) mass is 350 g/mol. The van der Waals surface area contributed by atoms with Gasteiger partial charge in [-0.05, 0) is 54.7 Å². The number of hydrogen-bond donors (Lipinski definition) is 1. The van der Waals surface area contributed by atoms with Gasteiger partial charge in [-0.2, -0.15) is 0 Å². The quantitative estimate of drug-likeness (QED) is 0.643. The fourth-order valence-electron chi connectivity index (χ4n) is 4.92. The summed E-state index contributed by atoms with van der Waals surface area (Å²) in [7, 11) is 0. The Morgan fingerprint density at radius 1 is 1.12 bits per heavy atom. The van der Waals surface area contributed by atoms with Gasteiger partial charge >= 0.3 is 0 Å². The van der Waals surface area contributed by atoms with Crippen LogP contribution in [0, 0.1) is 34.8 Å². The molecule has 2 aliphatic rings. The van der Waals surface area contributed by atoms with E-state index in [4.69, 9.17) is 0 Å². The van der Waals surface area contributed by atoms with Crippen LogP contribution < -0.4 is 5.32 Å². The number of fused-ring (bicyclic) bond motifs is 2. The van der Waals surface area contributed by atoms with E-state index in [1.165, 1.54) is 24.1 Å². The van der Waals surface area contributed by atoms with E-state index in [-0.39, 0.29) is 17.5 Å². The molecule has 4 rings (SSSR count). The molecule has 2 atom stereocenters. The van der Waals surface area contributed by atoms with Crippen molar-refractivity contribution in [1.29, 1.82) is 0 Å². The van der Waals surface area contributed by atoms with E-state index < -0.39 is 4.92 Å². The van der Waals surface area contributed by atoms with E-state index in [1.54, 1.807) is 13.0 Å². The van der Waals surface area contributed by atoms with Crippen LogP contribution in [0.25, 0.3) is 0 Å². The standard InChI is InChI=1S/C21H22N2O3/c1-13-12-15(23(25)26)10-11-18(13)22-21(24)20-16-8-5-9-17(20)19(16)14-6-3-2-4-7-14/h2-4,6-7,10-12,16-17,19-20H,5,8-9H2,1H3,(H,22,24)/t16-,17-,19?,20?/m0/s1. The van der Waals surface area contributed by atoms with E-state index in [0.29, 0.717) is 23.4 Å². The lowest BCUT2D eigenvalue weighted by Gasteiger charge is -2.55. The van der Waals surface area contributed by atoms with Gasteiger partial charge in [0.25, 0.3) is 5.69 Å². The second-order valence-corrected chi connectivity index (χ2v) is 7.47. The molecule has 1 N–H and O–H groups in total. The van der Waals surface area contributed by atoms with Crippen LogP contribution in [0.15, 0.2) is 48.5 Å². The molecule has 5 heteroatoms. The van der Waals surface area contributed by atoms with Crippen LogP contribution in [-0.2, 0) is 4.79 Å². The molecule has 0 radical (unpaired) electrons. The van der Waals surface area contributed by atoms with E-state index in [9.17, 15) is 14.9 Å². The predicted molar refractivity (Wildman–Crippen MR) is 100.0 cm³/mol. The third-order valence-corrected chi connectivity index (χ3v) is 6.09. The molecular weight excluding hydrogens is 328 g/mol. The Morgan fingerprint density at radius 3 is 2.42 bits per heavy atom. The first-order valence-electron chi connectivity index (χ1n) is 9.17. The normalized spacial score (nSPS) is 26.7. The highest BCUT2D eigenvalue weighted by Crippen LogP contribution is 2.60. The maximum atomic E-state index is 12.9. The topological polar surface area (TPSA) is 72.2 Å². The second kappa shape index (κ2) is 6.56. The van der Waals surface area contributed by atoms with Crippen LogP contribution in [0.5, 0.6) is 0 Å². The summed E-state index contributed by atoms with van der Waals surface area (Å²) in [4.78, 5) is 23.4. The van der Waals surface area contributed by atoms with Gasteiger partial charge in [-0.15, -0.1) is 0 Å². The molecule has 1 amide bonds. The SMILES string of the molecule is Cc1cc([N+](=O)[O-])ccc1NC(=O)C1[C@H]2CCC[C@H]1C2c1ccccc1. The molecule has 5 nitrogen and oxygen atoms in total. The highest BCUT2D eigenvalue weighted by molar-refractivity contribution is 5.94. The molecule has 0 spiro atoms. The average molecular weight is 350 g/mol. The first-order valence-corrected chi connectivity index (χ1v) is 9.17. The van der Waals surface area contributed by atoms with Crippen molar-refractivity contribution in [2.75, 3.05) is 5.32 Å². The van der Waals surface area contributed by atoms with Gasteiger partial charge < -0.3 is 5.32 Å². The summed E-state index contributed by atoms with van der Waals surface area (Å²) in [6, 6.07) is 15.1. The lowest BCUT2D eigenvalue weighted by Crippen LogP contribution is -2.53. The van der Waals surface area contributed by atoms with Gasteiger partial charge in [0, 0.05) is 23.7 Å². The zero-order valence-electron chi connectivity index (χ0n) is 14.7. The number of amides is 1. The molecule has 2 saturated carbocycles. The van der Waals surface area contributed by atoms with Crippen LogP contribution in [0.2, 0.25) is 0 Å². The van der Waals surface area contributed by atoms with Crippen molar-refractivity contribution in [3.8, 4) is 0 Å². The summed E-state index contributed by atoms with van der Waals surface area (Å²) in [5, 5.41) is 13.9. The number of carbonyl (C=O) groups is 1. The number of nitrogens with zero attached hydrogens (tertiary/aromatic N) is 1. The Hall–Kier alpha value is -2.69. The number of nitro benzene ring substituents is 1. The molecule has 2 aliphatic carbocycles. The maximum absolute atomic E-state index is 12.9. The molecule has 134 valence electrons. The van der Waals surface area contributed by atoms with E-state index >= 15 is 0 Å². The molecule has 0 aromatic heterocycles. The Balaban J connectivity index is 1.50. The van der Waals surface area contributed by atoms with E-state index in [1.807, 2.05) is 6.07 Å². The van der Waals surface area contributed by atoms with Crippen molar-refractivity contribution in [2.45, 2.75) is 32.1 Å². The average Bonchev–Trinajstić information content (AvgIpc) is 2.64. The number of benzene rings is 2. The van der Waals surface area contributed by atoms with Gasteiger partial charge in [-0.3, -0.25) is 14.9 Å². The third-order valence-electron chi connectivity index (χ3n) is 6.09. The minimum absolute atomic E-state index is 0.0450. The molecule has 2 aromatic rings. The van der Waals surface area contributed by atoms with Gasteiger partial charge in [0.2, 0.25) is 5.91 Å².